The number of hydrogen-bond acceptors (Lipinski definition) is 2. The number of para-hydroxylation sites is 4. The summed E-state index contributed by atoms with van der Waals surface area (Å²) in [6, 6.07) is 65.1. The summed E-state index contributed by atoms with van der Waals surface area (Å²) in [4.78, 5) is 2.37. The Balaban J connectivity index is 1.32. The summed E-state index contributed by atoms with van der Waals surface area (Å²) in [5, 5.41) is 7.14. The van der Waals surface area contributed by atoms with Crippen LogP contribution in [0.3, 0.4) is 0 Å². The molecule has 0 spiro atoms. The third-order valence-electron chi connectivity index (χ3n) is 9.72. The first kappa shape index (κ1) is 27.5. The molecule has 3 nitrogen and oxygen atoms in total. The highest BCUT2D eigenvalue weighted by Crippen LogP contribution is 2.45. The number of anilines is 3. The van der Waals surface area contributed by atoms with E-state index in [2.05, 4.69) is 179 Å². The Morgan fingerprint density at radius 3 is 1.96 bits per heavy atom. The van der Waals surface area contributed by atoms with Crippen LogP contribution in [0.4, 0.5) is 17.1 Å². The Morgan fingerprint density at radius 2 is 1.10 bits per heavy atom. The van der Waals surface area contributed by atoms with Crippen LogP contribution in [0.5, 0.6) is 0 Å². The van der Waals surface area contributed by atoms with Crippen LogP contribution in [0.25, 0.3) is 71.3 Å². The zero-order chi connectivity index (χ0) is 32.3. The topological polar surface area (TPSA) is 21.3 Å². The van der Waals surface area contributed by atoms with Crippen molar-refractivity contribution in [2.45, 2.75) is 0 Å². The highest BCUT2D eigenvalue weighted by molar-refractivity contribution is 6.17. The maximum absolute atomic E-state index is 6.24. The number of fused-ring (bicyclic) bond motifs is 7. The van der Waals surface area contributed by atoms with Crippen LogP contribution in [0.1, 0.15) is 0 Å². The zero-order valence-corrected chi connectivity index (χ0v) is 26.6. The molecule has 0 bridgehead atoms. The normalized spacial score (nSPS) is 11.7. The van der Waals surface area contributed by atoms with Crippen molar-refractivity contribution in [1.82, 2.24) is 4.57 Å². The van der Waals surface area contributed by atoms with Gasteiger partial charge in [0.15, 0.2) is 0 Å². The van der Waals surface area contributed by atoms with Gasteiger partial charge >= 0.3 is 0 Å². The fourth-order valence-electron chi connectivity index (χ4n) is 7.53. The molecule has 0 unspecified atom stereocenters. The average Bonchev–Trinajstić information content (AvgIpc) is 3.71. The van der Waals surface area contributed by atoms with E-state index in [9.17, 15) is 0 Å². The summed E-state index contributed by atoms with van der Waals surface area (Å²) < 4.78 is 8.66. The first-order valence-corrected chi connectivity index (χ1v) is 16.7. The predicted octanol–water partition coefficient (Wildman–Crippen LogP) is 13.0. The molecule has 0 aliphatic rings. The van der Waals surface area contributed by atoms with Gasteiger partial charge in [-0.1, -0.05) is 109 Å². The average molecular weight is 627 g/mol. The zero-order valence-electron chi connectivity index (χ0n) is 26.6. The first-order valence-electron chi connectivity index (χ1n) is 16.7. The molecule has 0 aliphatic heterocycles. The number of nitrogens with zero attached hydrogens (tertiary/aromatic N) is 2. The molecule has 49 heavy (non-hydrogen) atoms. The summed E-state index contributed by atoms with van der Waals surface area (Å²) in [5.74, 6) is 0. The van der Waals surface area contributed by atoms with Crippen LogP contribution in [-0.4, -0.2) is 4.57 Å². The van der Waals surface area contributed by atoms with E-state index in [0.29, 0.717) is 0 Å². The second kappa shape index (κ2) is 11.0. The Bertz CT molecular complexity index is 2830. The van der Waals surface area contributed by atoms with Crippen LogP contribution in [0, 0.1) is 0 Å². The van der Waals surface area contributed by atoms with E-state index in [-0.39, 0.29) is 0 Å². The Hall–Kier alpha value is -6.58. The highest BCUT2D eigenvalue weighted by Gasteiger charge is 2.22. The molecular formula is C46H30N2O. The van der Waals surface area contributed by atoms with E-state index >= 15 is 0 Å². The Morgan fingerprint density at radius 1 is 0.408 bits per heavy atom. The lowest BCUT2D eigenvalue weighted by Gasteiger charge is -2.27. The smallest absolute Gasteiger partial charge is 0.135 e. The van der Waals surface area contributed by atoms with Gasteiger partial charge in [-0.15, -0.1) is 0 Å². The lowest BCUT2D eigenvalue weighted by Crippen LogP contribution is -2.10. The number of rotatable bonds is 5. The van der Waals surface area contributed by atoms with Crippen LogP contribution in [0.2, 0.25) is 0 Å². The maximum atomic E-state index is 6.24. The van der Waals surface area contributed by atoms with Gasteiger partial charge in [-0.3, -0.25) is 0 Å². The van der Waals surface area contributed by atoms with E-state index in [4.69, 9.17) is 4.42 Å². The van der Waals surface area contributed by atoms with Crippen LogP contribution < -0.4 is 4.90 Å². The molecule has 230 valence electrons. The van der Waals surface area contributed by atoms with E-state index in [1.54, 1.807) is 0 Å². The number of aromatic nitrogens is 1. The van der Waals surface area contributed by atoms with Gasteiger partial charge in [0.25, 0.3) is 0 Å². The van der Waals surface area contributed by atoms with Gasteiger partial charge in [-0.05, 0) is 94.7 Å². The van der Waals surface area contributed by atoms with E-state index < -0.39 is 0 Å². The predicted molar refractivity (Wildman–Crippen MR) is 206 cm³/mol. The minimum atomic E-state index is 0.884. The minimum Gasteiger partial charge on any atom is -0.456 e. The van der Waals surface area contributed by atoms with Gasteiger partial charge < -0.3 is 13.9 Å². The van der Waals surface area contributed by atoms with Crippen molar-refractivity contribution in [2.24, 2.45) is 0 Å². The molecule has 2 aromatic heterocycles. The molecule has 10 rings (SSSR count). The van der Waals surface area contributed by atoms with Crippen molar-refractivity contribution in [3.05, 3.63) is 182 Å². The Kier molecular flexibility index (Phi) is 6.18. The van der Waals surface area contributed by atoms with Crippen molar-refractivity contribution in [3.63, 3.8) is 0 Å². The molecular weight excluding hydrogens is 597 g/mol. The molecule has 3 heteroatoms. The molecule has 0 atom stereocenters. The minimum absolute atomic E-state index is 0.884. The molecule has 0 aliphatic carbocycles. The molecule has 2 heterocycles. The van der Waals surface area contributed by atoms with E-state index in [1.165, 1.54) is 38.2 Å². The third kappa shape index (κ3) is 4.44. The van der Waals surface area contributed by atoms with Crippen molar-refractivity contribution in [1.29, 1.82) is 0 Å². The largest absolute Gasteiger partial charge is 0.456 e. The molecule has 10 aromatic rings. The quantitative estimate of drug-likeness (QED) is 0.190. The lowest BCUT2D eigenvalue weighted by molar-refractivity contribution is 0.669. The molecule has 0 radical (unpaired) electrons. The fourth-order valence-corrected chi connectivity index (χ4v) is 7.53. The van der Waals surface area contributed by atoms with Crippen molar-refractivity contribution < 1.29 is 4.42 Å². The van der Waals surface area contributed by atoms with Gasteiger partial charge in [0, 0.05) is 44.3 Å². The van der Waals surface area contributed by atoms with Crippen LogP contribution >= 0.6 is 0 Å². The van der Waals surface area contributed by atoms with Crippen LogP contribution in [-0.2, 0) is 0 Å². The van der Waals surface area contributed by atoms with Gasteiger partial charge in [0.05, 0.1) is 11.0 Å². The standard InChI is InChI=1S/C46H30N2O/c1-3-15-34(16-4-1)47(36-25-26-45-41(28-36)38-19-10-12-22-44(38)49-45)37-29-40(33-24-23-31-13-7-8-14-32(31)27-33)46-39-20-9-11-21-42(39)48(43(46)30-37)35-17-5-2-6-18-35/h1-30H. The SMILES string of the molecule is c1ccc(N(c2ccc3oc4ccccc4c3c2)c2cc(-c3ccc4ccccc4c3)c3c4ccccc4n(-c4ccccc4)c3c2)cc1. The van der Waals surface area contributed by atoms with Crippen molar-refractivity contribution in [3.8, 4) is 16.8 Å². The third-order valence-corrected chi connectivity index (χ3v) is 9.72. The molecule has 0 amide bonds. The molecule has 0 fully saturated rings. The number of hydrogen-bond donors (Lipinski definition) is 0. The Labute approximate surface area is 283 Å². The molecule has 0 saturated carbocycles. The summed E-state index contributed by atoms with van der Waals surface area (Å²) >= 11 is 0. The van der Waals surface area contributed by atoms with E-state index in [0.717, 1.165) is 50.2 Å². The molecule has 8 aromatic carbocycles. The summed E-state index contributed by atoms with van der Waals surface area (Å²) in [7, 11) is 0. The second-order valence-corrected chi connectivity index (χ2v) is 12.6. The van der Waals surface area contributed by atoms with Gasteiger partial charge in [-0.25, -0.2) is 0 Å². The summed E-state index contributed by atoms with van der Waals surface area (Å²) in [6.45, 7) is 0. The summed E-state index contributed by atoms with van der Waals surface area (Å²) in [6.07, 6.45) is 0. The summed E-state index contributed by atoms with van der Waals surface area (Å²) in [5.41, 5.74) is 10.9. The van der Waals surface area contributed by atoms with Gasteiger partial charge in [0.2, 0.25) is 0 Å². The molecule has 0 N–H and O–H groups in total. The highest BCUT2D eigenvalue weighted by atomic mass is 16.3. The van der Waals surface area contributed by atoms with E-state index in [1.807, 2.05) is 12.1 Å². The first-order chi connectivity index (χ1) is 24.3. The van der Waals surface area contributed by atoms with Crippen molar-refractivity contribution in [2.75, 3.05) is 4.90 Å². The maximum Gasteiger partial charge on any atom is 0.135 e. The van der Waals surface area contributed by atoms with Gasteiger partial charge in [0.1, 0.15) is 11.2 Å². The number of benzene rings is 8. The van der Waals surface area contributed by atoms with Gasteiger partial charge in [-0.2, -0.15) is 0 Å². The number of furan rings is 1. The van der Waals surface area contributed by atoms with Crippen LogP contribution in [0.15, 0.2) is 186 Å². The monoisotopic (exact) mass is 626 g/mol. The fraction of sp³-hybridized carbons (Fsp3) is 0. The lowest BCUT2D eigenvalue weighted by atomic mass is 9.96. The second-order valence-electron chi connectivity index (χ2n) is 12.6. The van der Waals surface area contributed by atoms with Crippen molar-refractivity contribution >= 4 is 71.6 Å². The molecule has 0 saturated heterocycles.